The van der Waals surface area contributed by atoms with Crippen LogP contribution >= 0.6 is 0 Å². The quantitative estimate of drug-likeness (QED) is 0.880. The van der Waals surface area contributed by atoms with Crippen LogP contribution in [0.3, 0.4) is 0 Å². The Hall–Kier alpha value is -1.49. The first-order valence-corrected chi connectivity index (χ1v) is 5.41. The molecule has 17 heavy (non-hydrogen) atoms. The van der Waals surface area contributed by atoms with Crippen molar-refractivity contribution >= 4 is 5.97 Å². The SMILES string of the molecule is CC(c1cccc(F)c1F)N1CC(C(=O)O)C1. The molecule has 1 saturated heterocycles. The first-order valence-electron chi connectivity index (χ1n) is 5.41. The van der Waals surface area contributed by atoms with Gasteiger partial charge in [-0.25, -0.2) is 8.78 Å². The topological polar surface area (TPSA) is 40.5 Å². The van der Waals surface area contributed by atoms with E-state index < -0.39 is 23.5 Å². The van der Waals surface area contributed by atoms with Gasteiger partial charge in [0, 0.05) is 24.7 Å². The fourth-order valence-electron chi connectivity index (χ4n) is 2.02. The molecule has 1 unspecified atom stereocenters. The minimum atomic E-state index is -0.871. The molecule has 3 nitrogen and oxygen atoms in total. The fraction of sp³-hybridized carbons (Fsp3) is 0.417. The summed E-state index contributed by atoms with van der Waals surface area (Å²) in [5.74, 6) is -2.95. The van der Waals surface area contributed by atoms with Crippen LogP contribution in [-0.2, 0) is 4.79 Å². The molecule has 0 bridgehead atoms. The summed E-state index contributed by atoms with van der Waals surface area (Å²) >= 11 is 0. The number of benzene rings is 1. The number of hydrogen-bond acceptors (Lipinski definition) is 2. The van der Waals surface area contributed by atoms with Gasteiger partial charge in [0.1, 0.15) is 0 Å². The van der Waals surface area contributed by atoms with Gasteiger partial charge in [0.15, 0.2) is 11.6 Å². The Morgan fingerprint density at radius 1 is 1.47 bits per heavy atom. The molecular weight excluding hydrogens is 228 g/mol. The summed E-state index contributed by atoms with van der Waals surface area (Å²) in [6, 6.07) is 3.75. The maximum Gasteiger partial charge on any atom is 0.309 e. The fourth-order valence-corrected chi connectivity index (χ4v) is 2.02. The Bertz CT molecular complexity index is 444. The highest BCUT2D eigenvalue weighted by atomic mass is 19.2. The Morgan fingerprint density at radius 3 is 2.71 bits per heavy atom. The van der Waals surface area contributed by atoms with Gasteiger partial charge in [0.05, 0.1) is 5.92 Å². The molecule has 1 aliphatic rings. The van der Waals surface area contributed by atoms with E-state index in [1.165, 1.54) is 12.1 Å². The molecular formula is C12H13F2NO2. The second kappa shape index (κ2) is 4.41. The van der Waals surface area contributed by atoms with E-state index in [1.807, 2.05) is 4.90 Å². The molecule has 1 atom stereocenters. The molecule has 0 aromatic heterocycles. The summed E-state index contributed by atoms with van der Waals surface area (Å²) in [4.78, 5) is 12.5. The van der Waals surface area contributed by atoms with Crippen molar-refractivity contribution in [3.8, 4) is 0 Å². The molecule has 0 amide bonds. The van der Waals surface area contributed by atoms with Gasteiger partial charge in [-0.05, 0) is 13.0 Å². The first kappa shape index (κ1) is 12.0. The van der Waals surface area contributed by atoms with Crippen molar-refractivity contribution in [2.75, 3.05) is 13.1 Å². The Balaban J connectivity index is 2.09. The van der Waals surface area contributed by atoms with Crippen LogP contribution < -0.4 is 0 Å². The van der Waals surface area contributed by atoms with Crippen molar-refractivity contribution in [2.45, 2.75) is 13.0 Å². The number of carboxylic acids is 1. The van der Waals surface area contributed by atoms with Crippen molar-refractivity contribution in [3.63, 3.8) is 0 Å². The third kappa shape index (κ3) is 2.15. The molecule has 0 aliphatic carbocycles. The van der Waals surface area contributed by atoms with Crippen molar-refractivity contribution in [2.24, 2.45) is 5.92 Å². The van der Waals surface area contributed by atoms with Crippen LogP contribution in [0.2, 0.25) is 0 Å². The molecule has 0 radical (unpaired) electrons. The van der Waals surface area contributed by atoms with E-state index >= 15 is 0 Å². The lowest BCUT2D eigenvalue weighted by molar-refractivity contribution is -0.148. The lowest BCUT2D eigenvalue weighted by atomic mass is 9.95. The van der Waals surface area contributed by atoms with E-state index in [0.717, 1.165) is 6.07 Å². The average molecular weight is 241 g/mol. The number of carbonyl (C=O) groups is 1. The van der Waals surface area contributed by atoms with Crippen LogP contribution in [0.4, 0.5) is 8.78 Å². The smallest absolute Gasteiger partial charge is 0.309 e. The van der Waals surface area contributed by atoms with E-state index in [4.69, 9.17) is 5.11 Å². The zero-order valence-corrected chi connectivity index (χ0v) is 9.36. The van der Waals surface area contributed by atoms with E-state index in [-0.39, 0.29) is 11.6 Å². The van der Waals surface area contributed by atoms with Crippen LogP contribution in [0.25, 0.3) is 0 Å². The van der Waals surface area contributed by atoms with Crippen molar-refractivity contribution in [1.29, 1.82) is 0 Å². The molecule has 0 spiro atoms. The number of rotatable bonds is 3. The highest BCUT2D eigenvalue weighted by Gasteiger charge is 2.36. The van der Waals surface area contributed by atoms with Gasteiger partial charge >= 0.3 is 5.97 Å². The lowest BCUT2D eigenvalue weighted by Crippen LogP contribution is -2.51. The van der Waals surface area contributed by atoms with Gasteiger partial charge in [-0.15, -0.1) is 0 Å². The number of hydrogen-bond donors (Lipinski definition) is 1. The third-order valence-electron chi connectivity index (χ3n) is 3.24. The normalized spacial score (nSPS) is 18.8. The number of nitrogens with zero attached hydrogens (tertiary/aromatic N) is 1. The molecule has 0 saturated carbocycles. The number of carboxylic acid groups (broad SMARTS) is 1. The van der Waals surface area contributed by atoms with Crippen LogP contribution in [0.5, 0.6) is 0 Å². The Labute approximate surface area is 97.7 Å². The van der Waals surface area contributed by atoms with Crippen LogP contribution in [0.1, 0.15) is 18.5 Å². The Morgan fingerprint density at radius 2 is 2.12 bits per heavy atom. The van der Waals surface area contributed by atoms with Crippen LogP contribution in [0.15, 0.2) is 18.2 Å². The minimum absolute atomic E-state index is 0.272. The predicted molar refractivity (Wildman–Crippen MR) is 57.5 cm³/mol. The summed E-state index contributed by atoms with van der Waals surface area (Å²) in [5.41, 5.74) is 0.272. The second-order valence-electron chi connectivity index (χ2n) is 4.31. The zero-order chi connectivity index (χ0) is 12.6. The highest BCUT2D eigenvalue weighted by Crippen LogP contribution is 2.30. The van der Waals surface area contributed by atoms with E-state index in [9.17, 15) is 13.6 Å². The van der Waals surface area contributed by atoms with Crippen molar-refractivity contribution < 1.29 is 18.7 Å². The van der Waals surface area contributed by atoms with E-state index in [1.54, 1.807) is 6.92 Å². The zero-order valence-electron chi connectivity index (χ0n) is 9.36. The predicted octanol–water partition coefficient (Wildman–Crippen LogP) is 2.04. The summed E-state index contributed by atoms with van der Waals surface area (Å²) in [7, 11) is 0. The van der Waals surface area contributed by atoms with Gasteiger partial charge in [-0.2, -0.15) is 0 Å². The molecule has 1 fully saturated rings. The number of likely N-dealkylation sites (tertiary alicyclic amines) is 1. The third-order valence-corrected chi connectivity index (χ3v) is 3.24. The molecule has 1 aromatic carbocycles. The lowest BCUT2D eigenvalue weighted by Gasteiger charge is -2.41. The summed E-state index contributed by atoms with van der Waals surface area (Å²) in [6.07, 6.45) is 0. The van der Waals surface area contributed by atoms with Gasteiger partial charge in [-0.1, -0.05) is 12.1 Å². The van der Waals surface area contributed by atoms with Gasteiger partial charge in [0.2, 0.25) is 0 Å². The monoisotopic (exact) mass is 241 g/mol. The number of aliphatic carboxylic acids is 1. The molecule has 92 valence electrons. The standard InChI is InChI=1S/C12H13F2NO2/c1-7(15-5-8(6-15)12(16)17)9-3-2-4-10(13)11(9)14/h2-4,7-8H,5-6H2,1H3,(H,16,17). The summed E-state index contributed by atoms with van der Waals surface area (Å²) in [6.45, 7) is 2.51. The maximum absolute atomic E-state index is 13.5. The number of halogens is 2. The van der Waals surface area contributed by atoms with Gasteiger partial charge in [-0.3, -0.25) is 9.69 Å². The largest absolute Gasteiger partial charge is 0.481 e. The van der Waals surface area contributed by atoms with Gasteiger partial charge < -0.3 is 5.11 Å². The van der Waals surface area contributed by atoms with E-state index in [2.05, 4.69) is 0 Å². The Kier molecular flexibility index (Phi) is 3.11. The van der Waals surface area contributed by atoms with Crippen LogP contribution in [0, 0.1) is 17.6 Å². The molecule has 1 aliphatic heterocycles. The minimum Gasteiger partial charge on any atom is -0.481 e. The average Bonchev–Trinajstić information content (AvgIpc) is 2.19. The molecule has 1 N–H and O–H groups in total. The van der Waals surface area contributed by atoms with E-state index in [0.29, 0.717) is 13.1 Å². The highest BCUT2D eigenvalue weighted by molar-refractivity contribution is 5.71. The van der Waals surface area contributed by atoms with Crippen molar-refractivity contribution in [3.05, 3.63) is 35.4 Å². The van der Waals surface area contributed by atoms with Gasteiger partial charge in [0.25, 0.3) is 0 Å². The summed E-state index contributed by atoms with van der Waals surface area (Å²) in [5, 5.41) is 8.74. The summed E-state index contributed by atoms with van der Waals surface area (Å²) < 4.78 is 26.6. The maximum atomic E-state index is 13.5. The second-order valence-corrected chi connectivity index (χ2v) is 4.31. The van der Waals surface area contributed by atoms with Crippen molar-refractivity contribution in [1.82, 2.24) is 4.90 Å². The molecule has 1 heterocycles. The molecule has 1 aromatic rings. The molecule has 2 rings (SSSR count). The van der Waals surface area contributed by atoms with Crippen LogP contribution in [-0.4, -0.2) is 29.1 Å². The molecule has 5 heteroatoms. The first-order chi connectivity index (χ1) is 8.00.